The van der Waals surface area contributed by atoms with Crippen LogP contribution in [0.5, 0.6) is 11.5 Å². The summed E-state index contributed by atoms with van der Waals surface area (Å²) in [6.45, 7) is 0. The molecular formula is C10H8F3NO6. The van der Waals surface area contributed by atoms with E-state index in [0.717, 1.165) is 14.2 Å². The van der Waals surface area contributed by atoms with Crippen LogP contribution in [0.25, 0.3) is 0 Å². The van der Waals surface area contributed by atoms with Gasteiger partial charge in [-0.25, -0.2) is 4.79 Å². The molecule has 20 heavy (non-hydrogen) atoms. The van der Waals surface area contributed by atoms with Gasteiger partial charge in [0.05, 0.1) is 24.7 Å². The third-order valence-corrected chi connectivity index (χ3v) is 2.35. The van der Waals surface area contributed by atoms with Crippen LogP contribution in [0.15, 0.2) is 6.07 Å². The summed E-state index contributed by atoms with van der Waals surface area (Å²) in [6.07, 6.45) is -5.10. The summed E-state index contributed by atoms with van der Waals surface area (Å²) in [7, 11) is 1.92. The van der Waals surface area contributed by atoms with E-state index < -0.39 is 45.4 Å². The zero-order valence-corrected chi connectivity index (χ0v) is 10.1. The Morgan fingerprint density at radius 2 is 1.90 bits per heavy atom. The van der Waals surface area contributed by atoms with Crippen LogP contribution in [-0.2, 0) is 6.18 Å². The van der Waals surface area contributed by atoms with E-state index in [9.17, 15) is 28.1 Å². The number of methoxy groups -OCH3 is 2. The van der Waals surface area contributed by atoms with Crippen molar-refractivity contribution in [2.24, 2.45) is 0 Å². The SMILES string of the molecule is COc1cc(C(F)(F)F)c(C(=O)O)c([N+](=O)[O-])c1OC. The van der Waals surface area contributed by atoms with Crippen LogP contribution in [-0.4, -0.2) is 30.2 Å². The number of hydrogen-bond donors (Lipinski definition) is 1. The van der Waals surface area contributed by atoms with E-state index in [4.69, 9.17) is 5.11 Å². The molecule has 0 unspecified atom stereocenters. The first kappa shape index (κ1) is 15.5. The third-order valence-electron chi connectivity index (χ3n) is 2.35. The normalized spacial score (nSPS) is 11.1. The number of carboxylic acids is 1. The molecule has 0 amide bonds. The van der Waals surface area contributed by atoms with Crippen molar-refractivity contribution in [3.63, 3.8) is 0 Å². The van der Waals surface area contributed by atoms with Crippen molar-refractivity contribution in [3.05, 3.63) is 27.3 Å². The summed E-state index contributed by atoms with van der Waals surface area (Å²) in [5.74, 6) is -3.37. The monoisotopic (exact) mass is 295 g/mol. The number of nitro groups is 1. The van der Waals surface area contributed by atoms with Gasteiger partial charge in [-0.2, -0.15) is 13.2 Å². The first-order chi connectivity index (χ1) is 9.15. The summed E-state index contributed by atoms with van der Waals surface area (Å²) in [4.78, 5) is 20.6. The maximum atomic E-state index is 12.8. The fourth-order valence-corrected chi connectivity index (χ4v) is 1.59. The van der Waals surface area contributed by atoms with E-state index in [1.165, 1.54) is 0 Å². The average molecular weight is 295 g/mol. The van der Waals surface area contributed by atoms with Gasteiger partial charge in [0.15, 0.2) is 11.3 Å². The Bertz CT molecular complexity index is 569. The molecule has 0 bridgehead atoms. The lowest BCUT2D eigenvalue weighted by Gasteiger charge is -2.15. The summed E-state index contributed by atoms with van der Waals surface area (Å²) < 4.78 is 47.6. The number of nitrogens with zero attached hydrogens (tertiary/aromatic N) is 1. The summed E-state index contributed by atoms with van der Waals surface area (Å²) in [5.41, 5.74) is -4.50. The molecule has 0 saturated carbocycles. The molecular weight excluding hydrogens is 287 g/mol. The van der Waals surface area contributed by atoms with Crippen molar-refractivity contribution in [3.8, 4) is 11.5 Å². The lowest BCUT2D eigenvalue weighted by atomic mass is 10.0. The molecule has 1 N–H and O–H groups in total. The van der Waals surface area contributed by atoms with Crippen LogP contribution in [0.4, 0.5) is 18.9 Å². The van der Waals surface area contributed by atoms with Gasteiger partial charge in [-0.15, -0.1) is 0 Å². The van der Waals surface area contributed by atoms with E-state index in [2.05, 4.69) is 9.47 Å². The predicted octanol–water partition coefficient (Wildman–Crippen LogP) is 2.33. The van der Waals surface area contributed by atoms with Crippen LogP contribution in [0.3, 0.4) is 0 Å². The fraction of sp³-hybridized carbons (Fsp3) is 0.300. The molecule has 0 aliphatic heterocycles. The third kappa shape index (κ3) is 2.58. The highest BCUT2D eigenvalue weighted by Crippen LogP contribution is 2.46. The highest BCUT2D eigenvalue weighted by Gasteiger charge is 2.43. The summed E-state index contributed by atoms with van der Waals surface area (Å²) in [5, 5.41) is 19.7. The van der Waals surface area contributed by atoms with Gasteiger partial charge in [-0.3, -0.25) is 10.1 Å². The smallest absolute Gasteiger partial charge is 0.417 e. The van der Waals surface area contributed by atoms with Crippen LogP contribution >= 0.6 is 0 Å². The topological polar surface area (TPSA) is 98.9 Å². The Morgan fingerprint density at radius 3 is 2.20 bits per heavy atom. The average Bonchev–Trinajstić information content (AvgIpc) is 2.34. The Balaban J connectivity index is 3.93. The molecule has 0 aromatic heterocycles. The first-order valence-corrected chi connectivity index (χ1v) is 4.89. The van der Waals surface area contributed by atoms with E-state index >= 15 is 0 Å². The molecule has 0 heterocycles. The molecule has 0 fully saturated rings. The largest absolute Gasteiger partial charge is 0.493 e. The van der Waals surface area contributed by atoms with Gasteiger partial charge in [0.2, 0.25) is 5.75 Å². The maximum absolute atomic E-state index is 12.8. The molecule has 1 aromatic carbocycles. The number of carboxylic acid groups (broad SMARTS) is 1. The zero-order chi connectivity index (χ0) is 15.7. The number of ether oxygens (including phenoxy) is 2. The standard InChI is InChI=1S/C10H8F3NO6/c1-19-5-3-4(10(11,12)13)6(9(15)16)7(14(17)18)8(5)20-2/h3H,1-2H3,(H,15,16). The molecule has 0 radical (unpaired) electrons. The summed E-state index contributed by atoms with van der Waals surface area (Å²) in [6, 6.07) is 0.343. The van der Waals surface area contributed by atoms with Crippen molar-refractivity contribution >= 4 is 11.7 Å². The van der Waals surface area contributed by atoms with Gasteiger partial charge < -0.3 is 14.6 Å². The second kappa shape index (κ2) is 5.23. The minimum atomic E-state index is -5.10. The van der Waals surface area contributed by atoms with E-state index in [0.29, 0.717) is 6.07 Å². The van der Waals surface area contributed by atoms with Gasteiger partial charge >= 0.3 is 17.8 Å². The number of alkyl halides is 3. The first-order valence-electron chi connectivity index (χ1n) is 4.89. The van der Waals surface area contributed by atoms with Gasteiger partial charge in [0, 0.05) is 0 Å². The van der Waals surface area contributed by atoms with Crippen LogP contribution in [0.1, 0.15) is 15.9 Å². The van der Waals surface area contributed by atoms with E-state index in [-0.39, 0.29) is 0 Å². The van der Waals surface area contributed by atoms with Crippen LogP contribution in [0, 0.1) is 10.1 Å². The number of aromatic carboxylic acids is 1. The Hall–Kier alpha value is -2.52. The quantitative estimate of drug-likeness (QED) is 0.676. The molecule has 0 aliphatic carbocycles. The lowest BCUT2D eigenvalue weighted by molar-refractivity contribution is -0.386. The lowest BCUT2D eigenvalue weighted by Crippen LogP contribution is -2.16. The number of rotatable bonds is 4. The van der Waals surface area contributed by atoms with Crippen molar-refractivity contribution in [1.29, 1.82) is 0 Å². The van der Waals surface area contributed by atoms with Crippen molar-refractivity contribution in [1.82, 2.24) is 0 Å². The Kier molecular flexibility index (Phi) is 4.06. The molecule has 10 heteroatoms. The minimum Gasteiger partial charge on any atom is -0.493 e. The Morgan fingerprint density at radius 1 is 1.35 bits per heavy atom. The number of carbonyl (C=O) groups is 1. The highest BCUT2D eigenvalue weighted by molar-refractivity contribution is 5.96. The number of hydrogen-bond acceptors (Lipinski definition) is 5. The number of benzene rings is 1. The van der Waals surface area contributed by atoms with E-state index in [1.807, 2.05) is 0 Å². The number of halogens is 3. The maximum Gasteiger partial charge on any atom is 0.417 e. The van der Waals surface area contributed by atoms with Gasteiger partial charge in [0.1, 0.15) is 0 Å². The Labute approximate surface area is 109 Å². The van der Waals surface area contributed by atoms with Gasteiger partial charge in [-0.05, 0) is 6.07 Å². The van der Waals surface area contributed by atoms with Gasteiger partial charge in [0.25, 0.3) is 0 Å². The predicted molar refractivity (Wildman–Crippen MR) is 58.2 cm³/mol. The van der Waals surface area contributed by atoms with Crippen molar-refractivity contribution in [2.45, 2.75) is 6.18 Å². The molecule has 0 saturated heterocycles. The van der Waals surface area contributed by atoms with Crippen LogP contribution < -0.4 is 9.47 Å². The van der Waals surface area contributed by atoms with Crippen molar-refractivity contribution in [2.75, 3.05) is 14.2 Å². The zero-order valence-electron chi connectivity index (χ0n) is 10.1. The van der Waals surface area contributed by atoms with Gasteiger partial charge in [-0.1, -0.05) is 0 Å². The summed E-state index contributed by atoms with van der Waals surface area (Å²) >= 11 is 0. The molecule has 110 valence electrons. The number of nitro benzene ring substituents is 1. The molecule has 1 aromatic rings. The fourth-order valence-electron chi connectivity index (χ4n) is 1.59. The molecule has 1 rings (SSSR count). The molecule has 0 atom stereocenters. The van der Waals surface area contributed by atoms with E-state index in [1.54, 1.807) is 0 Å². The molecule has 0 spiro atoms. The second-order valence-electron chi connectivity index (χ2n) is 3.44. The van der Waals surface area contributed by atoms with Crippen LogP contribution in [0.2, 0.25) is 0 Å². The molecule has 7 nitrogen and oxygen atoms in total. The molecule has 0 aliphatic rings. The van der Waals surface area contributed by atoms with Crippen molar-refractivity contribution < 1.29 is 37.5 Å². The minimum absolute atomic E-state index is 0.343. The second-order valence-corrected chi connectivity index (χ2v) is 3.44. The highest BCUT2D eigenvalue weighted by atomic mass is 19.4.